The molecule has 1 unspecified atom stereocenters. The number of anilines is 1. The first-order valence-corrected chi connectivity index (χ1v) is 6.94. The van der Waals surface area contributed by atoms with E-state index in [1.807, 2.05) is 0 Å². The summed E-state index contributed by atoms with van der Waals surface area (Å²) in [4.78, 5) is 2.42. The number of rotatable bonds is 4. The fourth-order valence-electron chi connectivity index (χ4n) is 2.52. The van der Waals surface area contributed by atoms with Crippen molar-refractivity contribution in [3.8, 4) is 0 Å². The summed E-state index contributed by atoms with van der Waals surface area (Å²) in [5.74, 6) is -0.253. The van der Waals surface area contributed by atoms with Gasteiger partial charge in [0, 0.05) is 12.6 Å². The predicted octanol–water partition coefficient (Wildman–Crippen LogP) is 3.77. The van der Waals surface area contributed by atoms with Crippen molar-refractivity contribution in [1.29, 1.82) is 0 Å². The molecular weight excluding hydrogens is 251 g/mol. The largest absolute Gasteiger partial charge is 0.384 e. The van der Waals surface area contributed by atoms with Gasteiger partial charge in [-0.3, -0.25) is 0 Å². The number of piperidine rings is 1. The predicted molar refractivity (Wildman–Crippen MR) is 74.8 cm³/mol. The summed E-state index contributed by atoms with van der Waals surface area (Å²) in [7, 11) is 2.18. The van der Waals surface area contributed by atoms with Crippen LogP contribution in [-0.4, -0.2) is 31.1 Å². The quantitative estimate of drug-likeness (QED) is 0.896. The smallest absolute Gasteiger partial charge is 0.125 e. The standard InChI is InChI=1S/C14H20ClFN2/c1-18-9-3-2-4-12(18)7-8-17-14-10-11(16)5-6-13(14)15/h5-6,10,12,17H,2-4,7-9H2,1H3. The van der Waals surface area contributed by atoms with Crippen molar-refractivity contribution in [3.63, 3.8) is 0 Å². The first-order chi connectivity index (χ1) is 8.66. The van der Waals surface area contributed by atoms with E-state index in [0.717, 1.165) is 13.0 Å². The molecule has 1 saturated heterocycles. The van der Waals surface area contributed by atoms with Crippen LogP contribution in [0.2, 0.25) is 5.02 Å². The number of nitrogens with zero attached hydrogens (tertiary/aromatic N) is 1. The molecule has 4 heteroatoms. The maximum Gasteiger partial charge on any atom is 0.125 e. The minimum atomic E-state index is -0.253. The molecule has 0 amide bonds. The molecule has 1 fully saturated rings. The van der Waals surface area contributed by atoms with Crippen LogP contribution >= 0.6 is 11.6 Å². The van der Waals surface area contributed by atoms with Crippen LogP contribution in [0.3, 0.4) is 0 Å². The number of halogens is 2. The molecule has 2 rings (SSSR count). The molecular formula is C14H20ClFN2. The minimum absolute atomic E-state index is 0.253. The number of likely N-dealkylation sites (tertiary alicyclic amines) is 1. The Hall–Kier alpha value is -0.800. The lowest BCUT2D eigenvalue weighted by molar-refractivity contribution is 0.179. The summed E-state index contributed by atoms with van der Waals surface area (Å²) in [5.41, 5.74) is 0.690. The van der Waals surface area contributed by atoms with E-state index in [0.29, 0.717) is 16.8 Å². The third-order valence-electron chi connectivity index (χ3n) is 3.64. The summed E-state index contributed by atoms with van der Waals surface area (Å²) in [5, 5.41) is 3.80. The molecule has 0 radical (unpaired) electrons. The Morgan fingerprint density at radius 1 is 1.44 bits per heavy atom. The molecule has 1 aliphatic rings. The molecule has 18 heavy (non-hydrogen) atoms. The highest BCUT2D eigenvalue weighted by Crippen LogP contribution is 2.23. The summed E-state index contributed by atoms with van der Waals surface area (Å²) < 4.78 is 13.1. The Morgan fingerprint density at radius 3 is 3.06 bits per heavy atom. The number of benzene rings is 1. The van der Waals surface area contributed by atoms with Crippen molar-refractivity contribution in [2.45, 2.75) is 31.7 Å². The van der Waals surface area contributed by atoms with Crippen LogP contribution in [0.4, 0.5) is 10.1 Å². The second kappa shape index (κ2) is 6.39. The van der Waals surface area contributed by atoms with Crippen LogP contribution in [0, 0.1) is 5.82 Å². The van der Waals surface area contributed by atoms with Crippen molar-refractivity contribution in [2.24, 2.45) is 0 Å². The highest BCUT2D eigenvalue weighted by molar-refractivity contribution is 6.33. The summed E-state index contributed by atoms with van der Waals surface area (Å²) >= 11 is 6.01. The van der Waals surface area contributed by atoms with E-state index >= 15 is 0 Å². The van der Waals surface area contributed by atoms with Gasteiger partial charge in [-0.05, 0) is 51.1 Å². The third-order valence-corrected chi connectivity index (χ3v) is 3.97. The van der Waals surface area contributed by atoms with Crippen molar-refractivity contribution >= 4 is 17.3 Å². The lowest BCUT2D eigenvalue weighted by atomic mass is 10.0. The third kappa shape index (κ3) is 3.59. The van der Waals surface area contributed by atoms with Gasteiger partial charge in [0.2, 0.25) is 0 Å². The zero-order valence-electron chi connectivity index (χ0n) is 10.8. The summed E-state index contributed by atoms with van der Waals surface area (Å²) in [6, 6.07) is 5.06. The molecule has 1 heterocycles. The minimum Gasteiger partial charge on any atom is -0.384 e. The average Bonchev–Trinajstić information content (AvgIpc) is 2.36. The second-order valence-electron chi connectivity index (χ2n) is 4.97. The summed E-state index contributed by atoms with van der Waals surface area (Å²) in [6.45, 7) is 2.02. The van der Waals surface area contributed by atoms with Crippen LogP contribution in [-0.2, 0) is 0 Å². The van der Waals surface area contributed by atoms with E-state index in [1.54, 1.807) is 6.07 Å². The average molecular weight is 271 g/mol. The van der Waals surface area contributed by atoms with Crippen LogP contribution in [0.15, 0.2) is 18.2 Å². The van der Waals surface area contributed by atoms with Crippen LogP contribution in [0.5, 0.6) is 0 Å². The van der Waals surface area contributed by atoms with Crippen molar-refractivity contribution < 1.29 is 4.39 Å². The van der Waals surface area contributed by atoms with Crippen LogP contribution < -0.4 is 5.32 Å². The van der Waals surface area contributed by atoms with E-state index in [2.05, 4.69) is 17.3 Å². The van der Waals surface area contributed by atoms with Gasteiger partial charge in [0.15, 0.2) is 0 Å². The molecule has 1 aromatic rings. The van der Waals surface area contributed by atoms with Crippen molar-refractivity contribution in [3.05, 3.63) is 29.0 Å². The molecule has 0 saturated carbocycles. The number of hydrogen-bond donors (Lipinski definition) is 1. The molecule has 1 aromatic carbocycles. The number of hydrogen-bond acceptors (Lipinski definition) is 2. The Morgan fingerprint density at radius 2 is 2.28 bits per heavy atom. The zero-order valence-corrected chi connectivity index (χ0v) is 11.5. The van der Waals surface area contributed by atoms with Gasteiger partial charge < -0.3 is 10.2 Å². The van der Waals surface area contributed by atoms with E-state index in [9.17, 15) is 4.39 Å². The SMILES string of the molecule is CN1CCCCC1CCNc1cc(F)ccc1Cl. The van der Waals surface area contributed by atoms with Crippen molar-refractivity contribution in [1.82, 2.24) is 4.90 Å². The molecule has 1 aliphatic heterocycles. The molecule has 0 aliphatic carbocycles. The van der Waals surface area contributed by atoms with Crippen LogP contribution in [0.1, 0.15) is 25.7 Å². The van der Waals surface area contributed by atoms with E-state index in [1.165, 1.54) is 37.9 Å². The lowest BCUT2D eigenvalue weighted by Crippen LogP contribution is -2.37. The first kappa shape index (κ1) is 13.6. The van der Waals surface area contributed by atoms with Gasteiger partial charge in [0.25, 0.3) is 0 Å². The van der Waals surface area contributed by atoms with Crippen LogP contribution in [0.25, 0.3) is 0 Å². The monoisotopic (exact) mass is 270 g/mol. The van der Waals surface area contributed by atoms with Gasteiger partial charge in [-0.2, -0.15) is 0 Å². The molecule has 100 valence electrons. The van der Waals surface area contributed by atoms with Gasteiger partial charge in [0.05, 0.1) is 10.7 Å². The van der Waals surface area contributed by atoms with E-state index < -0.39 is 0 Å². The van der Waals surface area contributed by atoms with E-state index in [-0.39, 0.29) is 5.82 Å². The van der Waals surface area contributed by atoms with Gasteiger partial charge in [-0.15, -0.1) is 0 Å². The normalized spacial score (nSPS) is 20.9. The molecule has 0 aromatic heterocycles. The Bertz CT molecular complexity index is 397. The Kier molecular flexibility index (Phi) is 4.84. The highest BCUT2D eigenvalue weighted by Gasteiger charge is 2.18. The molecule has 1 atom stereocenters. The summed E-state index contributed by atoms with van der Waals surface area (Å²) in [6.07, 6.45) is 4.95. The molecule has 1 N–H and O–H groups in total. The van der Waals surface area contributed by atoms with Gasteiger partial charge in [-0.25, -0.2) is 4.39 Å². The fraction of sp³-hybridized carbons (Fsp3) is 0.571. The zero-order chi connectivity index (χ0) is 13.0. The van der Waals surface area contributed by atoms with E-state index in [4.69, 9.17) is 11.6 Å². The molecule has 0 spiro atoms. The topological polar surface area (TPSA) is 15.3 Å². The Labute approximate surface area is 113 Å². The van der Waals surface area contributed by atoms with Gasteiger partial charge in [-0.1, -0.05) is 18.0 Å². The van der Waals surface area contributed by atoms with Crippen molar-refractivity contribution in [2.75, 3.05) is 25.5 Å². The molecule has 0 bridgehead atoms. The van der Waals surface area contributed by atoms with Gasteiger partial charge in [0.1, 0.15) is 5.82 Å². The Balaban J connectivity index is 1.82. The fourth-order valence-corrected chi connectivity index (χ4v) is 2.70. The second-order valence-corrected chi connectivity index (χ2v) is 5.38. The number of nitrogens with one attached hydrogen (secondary N) is 1. The maximum absolute atomic E-state index is 13.1. The first-order valence-electron chi connectivity index (χ1n) is 6.56. The maximum atomic E-state index is 13.1. The highest BCUT2D eigenvalue weighted by atomic mass is 35.5. The van der Waals surface area contributed by atoms with Gasteiger partial charge >= 0.3 is 0 Å². The lowest BCUT2D eigenvalue weighted by Gasteiger charge is -2.32. The molecule has 2 nitrogen and oxygen atoms in total.